The number of hydrogen-bond donors (Lipinski definition) is 1. The molecule has 1 heterocycles. The number of nitrogens with one attached hydrogen (secondary N) is 1. The lowest BCUT2D eigenvalue weighted by Gasteiger charge is -2.12. The first-order chi connectivity index (χ1) is 14.0. The van der Waals surface area contributed by atoms with Gasteiger partial charge in [-0.15, -0.1) is 0 Å². The Kier molecular flexibility index (Phi) is 4.84. The predicted octanol–water partition coefficient (Wildman–Crippen LogP) is 3.53. The van der Waals surface area contributed by atoms with E-state index in [0.717, 1.165) is 22.4 Å². The molecule has 1 N–H and O–H groups in total. The van der Waals surface area contributed by atoms with Gasteiger partial charge >= 0.3 is 5.97 Å². The third kappa shape index (κ3) is 3.37. The van der Waals surface area contributed by atoms with Crippen molar-refractivity contribution < 1.29 is 23.4 Å². The van der Waals surface area contributed by atoms with Gasteiger partial charge in [-0.1, -0.05) is 6.07 Å². The van der Waals surface area contributed by atoms with E-state index >= 15 is 0 Å². The molecule has 2 aromatic carbocycles. The van der Waals surface area contributed by atoms with E-state index < -0.39 is 5.97 Å². The van der Waals surface area contributed by atoms with Gasteiger partial charge in [-0.3, -0.25) is 9.48 Å². The predicted molar refractivity (Wildman–Crippen MR) is 105 cm³/mol. The number of nitrogens with zero attached hydrogens (tertiary/aromatic N) is 2. The van der Waals surface area contributed by atoms with Crippen LogP contribution in [0.2, 0.25) is 0 Å². The summed E-state index contributed by atoms with van der Waals surface area (Å²) in [5, 5.41) is 7.71. The second-order valence-corrected chi connectivity index (χ2v) is 6.59. The van der Waals surface area contributed by atoms with E-state index in [2.05, 4.69) is 10.4 Å². The molecule has 0 saturated heterocycles. The third-order valence-electron chi connectivity index (χ3n) is 4.88. The molecule has 0 bridgehead atoms. The summed E-state index contributed by atoms with van der Waals surface area (Å²) in [6.07, 6.45) is 0.587. The molecule has 0 fully saturated rings. The lowest BCUT2D eigenvalue weighted by molar-refractivity contribution is -0.141. The number of fused-ring (bicyclic) bond motifs is 3. The Bertz CT molecular complexity index is 1090. The summed E-state index contributed by atoms with van der Waals surface area (Å²) in [5.41, 5.74) is 4.20. The van der Waals surface area contributed by atoms with Crippen molar-refractivity contribution in [2.75, 3.05) is 26.6 Å². The number of ether oxygens (including phenoxy) is 3. The van der Waals surface area contributed by atoms with Crippen molar-refractivity contribution in [3.63, 3.8) is 0 Å². The number of carbonyl (C=O) groups is 1. The molecular formula is C21H20FN3O4. The van der Waals surface area contributed by atoms with Crippen LogP contribution in [0, 0.1) is 5.82 Å². The van der Waals surface area contributed by atoms with Gasteiger partial charge in [-0.25, -0.2) is 4.39 Å². The van der Waals surface area contributed by atoms with Gasteiger partial charge < -0.3 is 19.5 Å². The Hall–Kier alpha value is -3.55. The first-order valence-electron chi connectivity index (χ1n) is 8.98. The summed E-state index contributed by atoms with van der Waals surface area (Å²) >= 11 is 0. The van der Waals surface area contributed by atoms with Crippen molar-refractivity contribution in [3.05, 3.63) is 53.3 Å². The highest BCUT2D eigenvalue weighted by Gasteiger charge is 2.30. The number of benzene rings is 2. The van der Waals surface area contributed by atoms with Crippen molar-refractivity contribution in [1.29, 1.82) is 0 Å². The van der Waals surface area contributed by atoms with Crippen LogP contribution in [0.25, 0.3) is 11.3 Å². The number of hydrogen-bond acceptors (Lipinski definition) is 6. The van der Waals surface area contributed by atoms with Crippen molar-refractivity contribution in [2.24, 2.45) is 0 Å². The van der Waals surface area contributed by atoms with Crippen LogP contribution in [0.5, 0.6) is 11.5 Å². The van der Waals surface area contributed by atoms with Crippen LogP contribution < -0.4 is 14.8 Å². The smallest absolute Gasteiger partial charge is 0.327 e. The number of methoxy groups -OCH3 is 3. The molecule has 29 heavy (non-hydrogen) atoms. The molecule has 0 aliphatic heterocycles. The molecule has 4 rings (SSSR count). The molecule has 1 aromatic heterocycles. The molecule has 0 saturated carbocycles. The van der Waals surface area contributed by atoms with Crippen LogP contribution in [0.1, 0.15) is 11.1 Å². The highest BCUT2D eigenvalue weighted by Crippen LogP contribution is 2.45. The minimum Gasteiger partial charge on any atom is -0.493 e. The van der Waals surface area contributed by atoms with Crippen LogP contribution in [-0.2, 0) is 22.5 Å². The summed E-state index contributed by atoms with van der Waals surface area (Å²) < 4.78 is 30.8. The van der Waals surface area contributed by atoms with Gasteiger partial charge in [0.25, 0.3) is 0 Å². The van der Waals surface area contributed by atoms with Crippen LogP contribution in [-0.4, -0.2) is 37.1 Å². The number of anilines is 2. The van der Waals surface area contributed by atoms with Gasteiger partial charge in [0.15, 0.2) is 17.3 Å². The second kappa shape index (κ2) is 7.46. The lowest BCUT2D eigenvalue weighted by atomic mass is 10.1. The molecule has 0 spiro atoms. The Morgan fingerprint density at radius 1 is 1.17 bits per heavy atom. The maximum Gasteiger partial charge on any atom is 0.327 e. The van der Waals surface area contributed by atoms with Crippen molar-refractivity contribution >= 4 is 17.5 Å². The van der Waals surface area contributed by atoms with Crippen molar-refractivity contribution in [3.8, 4) is 22.8 Å². The fourth-order valence-corrected chi connectivity index (χ4v) is 3.55. The average Bonchev–Trinajstić information content (AvgIpc) is 3.24. The lowest BCUT2D eigenvalue weighted by Crippen LogP contribution is -2.14. The molecule has 8 heteroatoms. The highest BCUT2D eigenvalue weighted by atomic mass is 19.1. The second-order valence-electron chi connectivity index (χ2n) is 6.59. The minimum absolute atomic E-state index is 0.0442. The molecule has 1 aliphatic rings. The first-order valence-corrected chi connectivity index (χ1v) is 8.98. The van der Waals surface area contributed by atoms with Crippen LogP contribution >= 0.6 is 0 Å². The summed E-state index contributed by atoms with van der Waals surface area (Å²) in [6, 6.07) is 9.93. The van der Waals surface area contributed by atoms with E-state index in [9.17, 15) is 9.18 Å². The summed E-state index contributed by atoms with van der Waals surface area (Å²) in [6.45, 7) is -0.0442. The van der Waals surface area contributed by atoms with E-state index in [4.69, 9.17) is 14.2 Å². The Labute approximate surface area is 167 Å². The van der Waals surface area contributed by atoms with E-state index in [1.807, 2.05) is 12.1 Å². The SMILES string of the molecule is COC(=O)Cn1nc(Nc2cccc(F)c2)c2c1-c1cc(OC)c(OC)cc1C2. The molecular weight excluding hydrogens is 377 g/mol. The van der Waals surface area contributed by atoms with E-state index in [1.54, 1.807) is 31.0 Å². The Morgan fingerprint density at radius 2 is 1.93 bits per heavy atom. The Morgan fingerprint density at radius 3 is 2.62 bits per heavy atom. The first kappa shape index (κ1) is 18.8. The van der Waals surface area contributed by atoms with Gasteiger partial charge in [-0.05, 0) is 35.9 Å². The Balaban J connectivity index is 1.82. The molecule has 0 unspecified atom stereocenters. The van der Waals surface area contributed by atoms with Crippen LogP contribution in [0.15, 0.2) is 36.4 Å². The zero-order valence-electron chi connectivity index (χ0n) is 16.3. The maximum atomic E-state index is 13.6. The minimum atomic E-state index is -0.415. The van der Waals surface area contributed by atoms with Gasteiger partial charge in [0.1, 0.15) is 12.4 Å². The average molecular weight is 397 g/mol. The van der Waals surface area contributed by atoms with Crippen LogP contribution in [0.3, 0.4) is 0 Å². The largest absolute Gasteiger partial charge is 0.493 e. The molecule has 0 atom stereocenters. The number of aromatic nitrogens is 2. The van der Waals surface area contributed by atoms with E-state index in [-0.39, 0.29) is 12.4 Å². The molecule has 3 aromatic rings. The topological polar surface area (TPSA) is 74.6 Å². The zero-order chi connectivity index (χ0) is 20.5. The number of rotatable bonds is 6. The van der Waals surface area contributed by atoms with Gasteiger partial charge in [0.2, 0.25) is 0 Å². The van der Waals surface area contributed by atoms with Gasteiger partial charge in [0, 0.05) is 23.2 Å². The van der Waals surface area contributed by atoms with Crippen molar-refractivity contribution in [2.45, 2.75) is 13.0 Å². The number of carbonyl (C=O) groups excluding carboxylic acids is 1. The fourth-order valence-electron chi connectivity index (χ4n) is 3.55. The molecule has 150 valence electrons. The normalized spacial score (nSPS) is 11.6. The summed E-state index contributed by atoms with van der Waals surface area (Å²) in [7, 11) is 4.49. The standard InChI is InChI=1S/C21H20FN3O4/c1-27-17-8-12-7-16-20(15(12)10-18(17)28-2)25(11-19(26)29-3)24-21(16)23-14-6-4-5-13(22)9-14/h4-6,8-10H,7,11H2,1-3H3,(H,23,24). The molecule has 0 radical (unpaired) electrons. The fraction of sp³-hybridized carbons (Fsp3) is 0.238. The molecule has 0 amide bonds. The van der Waals surface area contributed by atoms with E-state index in [0.29, 0.717) is 29.4 Å². The molecule has 1 aliphatic carbocycles. The quantitative estimate of drug-likeness (QED) is 0.502. The zero-order valence-corrected chi connectivity index (χ0v) is 16.3. The van der Waals surface area contributed by atoms with E-state index in [1.165, 1.54) is 19.2 Å². The summed E-state index contributed by atoms with van der Waals surface area (Å²) in [4.78, 5) is 11.9. The monoisotopic (exact) mass is 397 g/mol. The van der Waals surface area contributed by atoms with Gasteiger partial charge in [-0.2, -0.15) is 5.10 Å². The summed E-state index contributed by atoms with van der Waals surface area (Å²) in [5.74, 6) is 1.01. The van der Waals surface area contributed by atoms with Gasteiger partial charge in [0.05, 0.1) is 27.0 Å². The number of esters is 1. The highest BCUT2D eigenvalue weighted by molar-refractivity contribution is 5.83. The third-order valence-corrected chi connectivity index (χ3v) is 4.88. The van der Waals surface area contributed by atoms with Crippen LogP contribution in [0.4, 0.5) is 15.9 Å². The van der Waals surface area contributed by atoms with Crippen molar-refractivity contribution in [1.82, 2.24) is 9.78 Å². The molecule has 7 nitrogen and oxygen atoms in total. The maximum absolute atomic E-state index is 13.6. The number of halogens is 1.